The highest BCUT2D eigenvalue weighted by Gasteiger charge is 2.14. The molecule has 0 fully saturated rings. The number of H-pyrrole nitrogens is 3. The summed E-state index contributed by atoms with van der Waals surface area (Å²) >= 11 is 0. The molecule has 15 heavy (non-hydrogen) atoms. The van der Waals surface area contributed by atoms with Crippen LogP contribution in [0.3, 0.4) is 0 Å². The number of hydrogen-bond acceptors (Lipinski definition) is 4. The standard InChI is InChI=1S/C8H6N4O3/c13-6(5-1-2-10-12-5)4-3-9-8(15)11-7(4)14/h1-3H,(H,10,12)(H2,9,11,14,15). The van der Waals surface area contributed by atoms with Crippen molar-refractivity contribution < 1.29 is 4.79 Å². The summed E-state index contributed by atoms with van der Waals surface area (Å²) in [7, 11) is 0. The quantitative estimate of drug-likeness (QED) is 0.548. The predicted octanol–water partition coefficient (Wildman–Crippen LogP) is -0.983. The van der Waals surface area contributed by atoms with Crippen LogP contribution >= 0.6 is 0 Å². The van der Waals surface area contributed by atoms with Gasteiger partial charge in [0, 0.05) is 12.4 Å². The van der Waals surface area contributed by atoms with E-state index in [-0.39, 0.29) is 11.3 Å². The van der Waals surface area contributed by atoms with Crippen molar-refractivity contribution in [3.63, 3.8) is 0 Å². The first-order chi connectivity index (χ1) is 7.18. The summed E-state index contributed by atoms with van der Waals surface area (Å²) in [5.74, 6) is -0.523. The summed E-state index contributed by atoms with van der Waals surface area (Å²) in [5.41, 5.74) is -1.33. The van der Waals surface area contributed by atoms with E-state index in [4.69, 9.17) is 0 Å². The van der Waals surface area contributed by atoms with Crippen LogP contribution in [0.15, 0.2) is 28.0 Å². The Morgan fingerprint density at radius 3 is 2.73 bits per heavy atom. The molecule has 0 radical (unpaired) electrons. The van der Waals surface area contributed by atoms with E-state index in [1.54, 1.807) is 0 Å². The maximum atomic E-state index is 11.6. The van der Waals surface area contributed by atoms with Crippen molar-refractivity contribution in [1.29, 1.82) is 0 Å². The number of aromatic amines is 3. The molecule has 0 saturated heterocycles. The first kappa shape index (κ1) is 9.13. The number of carbonyl (C=O) groups is 1. The van der Waals surface area contributed by atoms with Gasteiger partial charge in [0.15, 0.2) is 0 Å². The van der Waals surface area contributed by atoms with Gasteiger partial charge in [-0.15, -0.1) is 0 Å². The summed E-state index contributed by atoms with van der Waals surface area (Å²) < 4.78 is 0. The highest BCUT2D eigenvalue weighted by molar-refractivity contribution is 6.07. The van der Waals surface area contributed by atoms with Crippen LogP contribution in [0, 0.1) is 0 Å². The van der Waals surface area contributed by atoms with Gasteiger partial charge in [-0.1, -0.05) is 0 Å². The molecule has 2 aromatic rings. The average molecular weight is 206 g/mol. The molecule has 0 aliphatic heterocycles. The van der Waals surface area contributed by atoms with Crippen LogP contribution < -0.4 is 11.2 Å². The molecular weight excluding hydrogens is 200 g/mol. The highest BCUT2D eigenvalue weighted by atomic mass is 16.2. The minimum Gasteiger partial charge on any atom is -0.313 e. The Hall–Kier alpha value is -2.44. The van der Waals surface area contributed by atoms with Crippen LogP contribution in [0.25, 0.3) is 0 Å². The van der Waals surface area contributed by atoms with Crippen LogP contribution in [-0.4, -0.2) is 25.9 Å². The number of hydrogen-bond donors (Lipinski definition) is 3. The van der Waals surface area contributed by atoms with Gasteiger partial charge in [0.05, 0.1) is 0 Å². The molecule has 2 rings (SSSR count). The van der Waals surface area contributed by atoms with Gasteiger partial charge in [-0.2, -0.15) is 5.10 Å². The number of ketones is 1. The summed E-state index contributed by atoms with van der Waals surface area (Å²) in [6, 6.07) is 1.44. The molecule has 3 N–H and O–H groups in total. The third-order valence-electron chi connectivity index (χ3n) is 1.81. The van der Waals surface area contributed by atoms with Gasteiger partial charge >= 0.3 is 5.69 Å². The van der Waals surface area contributed by atoms with Crippen molar-refractivity contribution >= 4 is 5.78 Å². The van der Waals surface area contributed by atoms with E-state index in [2.05, 4.69) is 15.2 Å². The molecule has 0 aliphatic carbocycles. The molecular formula is C8H6N4O3. The lowest BCUT2D eigenvalue weighted by atomic mass is 10.2. The fourth-order valence-corrected chi connectivity index (χ4v) is 1.11. The van der Waals surface area contributed by atoms with Crippen LogP contribution in [-0.2, 0) is 0 Å². The van der Waals surface area contributed by atoms with Gasteiger partial charge in [-0.25, -0.2) is 4.79 Å². The van der Waals surface area contributed by atoms with E-state index in [9.17, 15) is 14.4 Å². The predicted molar refractivity (Wildman–Crippen MR) is 49.7 cm³/mol. The van der Waals surface area contributed by atoms with Gasteiger partial charge in [-0.3, -0.25) is 19.7 Å². The SMILES string of the molecule is O=C(c1ccn[nH]1)c1c[nH]c(=O)[nH]c1=O. The van der Waals surface area contributed by atoms with E-state index < -0.39 is 17.0 Å². The molecule has 0 unspecified atom stereocenters. The number of rotatable bonds is 2. The maximum Gasteiger partial charge on any atom is 0.325 e. The second kappa shape index (κ2) is 3.37. The largest absolute Gasteiger partial charge is 0.325 e. The second-order valence-corrected chi connectivity index (χ2v) is 2.79. The Morgan fingerprint density at radius 1 is 1.33 bits per heavy atom. The van der Waals surface area contributed by atoms with Crippen molar-refractivity contribution in [2.45, 2.75) is 0 Å². The first-order valence-corrected chi connectivity index (χ1v) is 4.04. The van der Waals surface area contributed by atoms with E-state index in [1.807, 2.05) is 4.98 Å². The molecule has 0 atom stereocenters. The lowest BCUT2D eigenvalue weighted by Gasteiger charge is -1.94. The van der Waals surface area contributed by atoms with Crippen molar-refractivity contribution in [1.82, 2.24) is 20.2 Å². The zero-order valence-corrected chi connectivity index (χ0v) is 7.40. The molecule has 0 bridgehead atoms. The molecule has 0 aromatic carbocycles. The normalized spacial score (nSPS) is 10.1. The minimum atomic E-state index is -0.724. The fraction of sp³-hybridized carbons (Fsp3) is 0. The van der Waals surface area contributed by atoms with Crippen molar-refractivity contribution in [3.8, 4) is 0 Å². The summed E-state index contributed by atoms with van der Waals surface area (Å²) in [6.07, 6.45) is 2.47. The Kier molecular flexibility index (Phi) is 2.05. The van der Waals surface area contributed by atoms with E-state index >= 15 is 0 Å². The number of carbonyl (C=O) groups excluding carboxylic acids is 1. The first-order valence-electron chi connectivity index (χ1n) is 4.04. The third kappa shape index (κ3) is 1.62. The molecule has 2 aromatic heterocycles. The number of nitrogens with zero attached hydrogens (tertiary/aromatic N) is 1. The summed E-state index contributed by atoms with van der Waals surface area (Å²) in [5, 5.41) is 6.02. The van der Waals surface area contributed by atoms with Crippen LogP contribution in [0.2, 0.25) is 0 Å². The average Bonchev–Trinajstić information content (AvgIpc) is 2.69. The lowest BCUT2D eigenvalue weighted by Crippen LogP contribution is -2.27. The molecule has 7 nitrogen and oxygen atoms in total. The topological polar surface area (TPSA) is 111 Å². The molecule has 76 valence electrons. The molecule has 0 aliphatic rings. The van der Waals surface area contributed by atoms with Crippen LogP contribution in [0.5, 0.6) is 0 Å². The zero-order chi connectivity index (χ0) is 10.8. The van der Waals surface area contributed by atoms with E-state index in [0.29, 0.717) is 0 Å². The Morgan fingerprint density at radius 2 is 2.13 bits per heavy atom. The Bertz CT molecular complexity index is 593. The zero-order valence-electron chi connectivity index (χ0n) is 7.40. The molecule has 0 spiro atoms. The van der Waals surface area contributed by atoms with Gasteiger partial charge in [-0.05, 0) is 6.07 Å². The molecule has 0 amide bonds. The monoisotopic (exact) mass is 206 g/mol. The highest BCUT2D eigenvalue weighted by Crippen LogP contribution is 1.99. The van der Waals surface area contributed by atoms with Crippen LogP contribution in [0.1, 0.15) is 16.1 Å². The van der Waals surface area contributed by atoms with E-state index in [1.165, 1.54) is 12.3 Å². The Balaban J connectivity index is 2.52. The Labute approximate surface area is 82.2 Å². The smallest absolute Gasteiger partial charge is 0.313 e. The minimum absolute atomic E-state index is 0.140. The lowest BCUT2D eigenvalue weighted by molar-refractivity contribution is 0.103. The third-order valence-corrected chi connectivity index (χ3v) is 1.81. The summed E-state index contributed by atoms with van der Waals surface area (Å²) in [6.45, 7) is 0. The van der Waals surface area contributed by atoms with Gasteiger partial charge in [0.2, 0.25) is 5.78 Å². The molecule has 7 heteroatoms. The molecule has 0 saturated carbocycles. The van der Waals surface area contributed by atoms with Crippen molar-refractivity contribution in [3.05, 3.63) is 50.6 Å². The molecule has 2 heterocycles. The maximum absolute atomic E-state index is 11.6. The number of aromatic nitrogens is 4. The van der Waals surface area contributed by atoms with E-state index in [0.717, 1.165) is 6.20 Å². The number of nitrogens with one attached hydrogen (secondary N) is 3. The fourth-order valence-electron chi connectivity index (χ4n) is 1.11. The summed E-state index contributed by atoms with van der Waals surface area (Å²) in [4.78, 5) is 37.8. The van der Waals surface area contributed by atoms with Gasteiger partial charge < -0.3 is 4.98 Å². The van der Waals surface area contributed by atoms with Crippen LogP contribution in [0.4, 0.5) is 0 Å². The van der Waals surface area contributed by atoms with Gasteiger partial charge in [0.1, 0.15) is 11.3 Å². The second-order valence-electron chi connectivity index (χ2n) is 2.79. The van der Waals surface area contributed by atoms with Crippen molar-refractivity contribution in [2.75, 3.05) is 0 Å². The van der Waals surface area contributed by atoms with Crippen molar-refractivity contribution in [2.24, 2.45) is 0 Å². The van der Waals surface area contributed by atoms with Gasteiger partial charge in [0.25, 0.3) is 5.56 Å².